The van der Waals surface area contributed by atoms with Crippen molar-refractivity contribution in [2.24, 2.45) is 0 Å². The molecule has 0 saturated heterocycles. The van der Waals surface area contributed by atoms with Gasteiger partial charge in [0.2, 0.25) is 11.8 Å². The smallest absolute Gasteiger partial charge is 0.241 e. The van der Waals surface area contributed by atoms with Gasteiger partial charge in [-0.05, 0) is 13.8 Å². The summed E-state index contributed by atoms with van der Waals surface area (Å²) in [6, 6.07) is 0. The molecule has 0 fully saturated rings. The van der Waals surface area contributed by atoms with Gasteiger partial charge in [-0.2, -0.15) is 10.1 Å². The van der Waals surface area contributed by atoms with Crippen LogP contribution in [0.15, 0.2) is 10.9 Å². The van der Waals surface area contributed by atoms with Gasteiger partial charge in [0.15, 0.2) is 6.33 Å². The summed E-state index contributed by atoms with van der Waals surface area (Å²) in [5.41, 5.74) is 7.95. The maximum Gasteiger partial charge on any atom is 0.241 e. The molecule has 8 nitrogen and oxygen atoms in total. The molecule has 0 aliphatic carbocycles. The molecule has 0 saturated carbocycles. The van der Waals surface area contributed by atoms with E-state index < -0.39 is 0 Å². The van der Waals surface area contributed by atoms with Crippen LogP contribution in [0.5, 0.6) is 0 Å². The van der Waals surface area contributed by atoms with Crippen LogP contribution in [0.3, 0.4) is 0 Å². The summed E-state index contributed by atoms with van der Waals surface area (Å²) in [6.45, 7) is 4.23. The van der Waals surface area contributed by atoms with E-state index in [0.29, 0.717) is 24.5 Å². The molecule has 0 aliphatic rings. The third-order valence-corrected chi connectivity index (χ3v) is 2.80. The van der Waals surface area contributed by atoms with Crippen molar-refractivity contribution >= 4 is 11.6 Å². The number of hydrogen-bond donors (Lipinski definition) is 2. The van der Waals surface area contributed by atoms with Crippen molar-refractivity contribution in [3.8, 4) is 0 Å². The Morgan fingerprint density at radius 3 is 2.89 bits per heavy atom. The highest BCUT2D eigenvalue weighted by Gasteiger charge is 2.11. The molecule has 0 aliphatic heterocycles. The van der Waals surface area contributed by atoms with Crippen LogP contribution < -0.4 is 11.1 Å². The molecule has 0 atom stereocenters. The maximum atomic E-state index is 11.7. The fraction of sp³-hybridized carbons (Fsp3) is 0.455. The van der Waals surface area contributed by atoms with Crippen molar-refractivity contribution < 1.29 is 9.32 Å². The summed E-state index contributed by atoms with van der Waals surface area (Å²) < 4.78 is 6.42. The Balaban J connectivity index is 1.82. The van der Waals surface area contributed by atoms with E-state index in [-0.39, 0.29) is 12.5 Å². The molecule has 2 aromatic heterocycles. The number of nitrogens with one attached hydrogen (secondary N) is 1. The predicted octanol–water partition coefficient (Wildman–Crippen LogP) is -0.176. The number of hydrogen-bond acceptors (Lipinski definition) is 6. The van der Waals surface area contributed by atoms with Crippen molar-refractivity contribution in [3.05, 3.63) is 23.6 Å². The van der Waals surface area contributed by atoms with E-state index in [1.807, 2.05) is 13.8 Å². The molecule has 102 valence electrons. The van der Waals surface area contributed by atoms with E-state index in [1.54, 1.807) is 4.68 Å². The van der Waals surface area contributed by atoms with E-state index >= 15 is 0 Å². The molecular formula is C11H16N6O2. The number of nitrogens with two attached hydrogens (primary N) is 1. The second-order valence-corrected chi connectivity index (χ2v) is 4.18. The van der Waals surface area contributed by atoms with Crippen molar-refractivity contribution in [2.75, 3.05) is 12.3 Å². The van der Waals surface area contributed by atoms with Crippen LogP contribution in [-0.4, -0.2) is 32.4 Å². The summed E-state index contributed by atoms with van der Waals surface area (Å²) in [7, 11) is 0. The fourth-order valence-corrected chi connectivity index (χ4v) is 1.67. The van der Waals surface area contributed by atoms with Crippen LogP contribution in [0.1, 0.15) is 17.3 Å². The minimum absolute atomic E-state index is 0.134. The average molecular weight is 264 g/mol. The number of rotatable bonds is 5. The number of nitrogen functional groups attached to an aromatic ring is 1. The molecule has 3 N–H and O–H groups in total. The van der Waals surface area contributed by atoms with E-state index in [4.69, 9.17) is 10.3 Å². The van der Waals surface area contributed by atoms with Gasteiger partial charge in [-0.15, -0.1) is 0 Å². The zero-order valence-electron chi connectivity index (χ0n) is 10.9. The summed E-state index contributed by atoms with van der Waals surface area (Å²) in [5.74, 6) is 0.362. The summed E-state index contributed by atoms with van der Waals surface area (Å²) >= 11 is 0. The number of anilines is 1. The minimum atomic E-state index is -0.134. The van der Waals surface area contributed by atoms with Crippen LogP contribution >= 0.6 is 0 Å². The Morgan fingerprint density at radius 2 is 2.32 bits per heavy atom. The lowest BCUT2D eigenvalue weighted by Gasteiger charge is -2.05. The SMILES string of the molecule is Cc1nn(CC(=O)NCCc2ncno2)c(C)c1N. The van der Waals surface area contributed by atoms with Gasteiger partial charge in [-0.3, -0.25) is 9.48 Å². The molecule has 8 heteroatoms. The molecule has 0 spiro atoms. The molecule has 19 heavy (non-hydrogen) atoms. The third-order valence-electron chi connectivity index (χ3n) is 2.80. The van der Waals surface area contributed by atoms with E-state index in [0.717, 1.165) is 11.4 Å². The predicted molar refractivity (Wildman–Crippen MR) is 67.1 cm³/mol. The van der Waals surface area contributed by atoms with Crippen LogP contribution in [0.4, 0.5) is 5.69 Å². The number of carbonyl (C=O) groups excluding carboxylic acids is 1. The average Bonchev–Trinajstić information content (AvgIpc) is 2.96. The topological polar surface area (TPSA) is 112 Å². The van der Waals surface area contributed by atoms with Gasteiger partial charge >= 0.3 is 0 Å². The minimum Gasteiger partial charge on any atom is -0.396 e. The lowest BCUT2D eigenvalue weighted by atomic mass is 10.3. The number of carbonyl (C=O) groups is 1. The zero-order valence-corrected chi connectivity index (χ0v) is 10.9. The van der Waals surface area contributed by atoms with Gasteiger partial charge in [0.25, 0.3) is 0 Å². The Hall–Kier alpha value is -2.38. The molecule has 0 bridgehead atoms. The van der Waals surface area contributed by atoms with Crippen molar-refractivity contribution in [1.29, 1.82) is 0 Å². The van der Waals surface area contributed by atoms with Gasteiger partial charge in [-0.1, -0.05) is 5.16 Å². The highest BCUT2D eigenvalue weighted by Crippen LogP contribution is 2.14. The van der Waals surface area contributed by atoms with Gasteiger partial charge in [0, 0.05) is 13.0 Å². The van der Waals surface area contributed by atoms with Crippen molar-refractivity contribution in [2.45, 2.75) is 26.8 Å². The number of aryl methyl sites for hydroxylation is 1. The molecule has 2 heterocycles. The monoisotopic (exact) mass is 264 g/mol. The van der Waals surface area contributed by atoms with Gasteiger partial charge < -0.3 is 15.6 Å². The molecular weight excluding hydrogens is 248 g/mol. The Morgan fingerprint density at radius 1 is 1.53 bits per heavy atom. The highest BCUT2D eigenvalue weighted by molar-refractivity contribution is 5.75. The Bertz CT molecular complexity index is 560. The quantitative estimate of drug-likeness (QED) is 0.775. The number of aromatic nitrogens is 4. The zero-order chi connectivity index (χ0) is 13.8. The molecule has 0 radical (unpaired) electrons. The molecule has 0 unspecified atom stereocenters. The van der Waals surface area contributed by atoms with Crippen molar-refractivity contribution in [1.82, 2.24) is 25.2 Å². The maximum absolute atomic E-state index is 11.7. The van der Waals surface area contributed by atoms with Crippen LogP contribution in [0, 0.1) is 13.8 Å². The number of nitrogens with zero attached hydrogens (tertiary/aromatic N) is 4. The second kappa shape index (κ2) is 5.51. The molecule has 2 aromatic rings. The lowest BCUT2D eigenvalue weighted by Crippen LogP contribution is -2.30. The summed E-state index contributed by atoms with van der Waals surface area (Å²) in [5, 5.41) is 10.4. The van der Waals surface area contributed by atoms with Crippen molar-refractivity contribution in [3.63, 3.8) is 0 Å². The van der Waals surface area contributed by atoms with Crippen LogP contribution in [0.25, 0.3) is 0 Å². The van der Waals surface area contributed by atoms with Crippen LogP contribution in [0.2, 0.25) is 0 Å². The van der Waals surface area contributed by atoms with Gasteiger partial charge in [0.1, 0.15) is 6.54 Å². The first kappa shape index (κ1) is 13.1. The van der Waals surface area contributed by atoms with E-state index in [1.165, 1.54) is 6.33 Å². The molecule has 1 amide bonds. The first-order valence-electron chi connectivity index (χ1n) is 5.89. The van der Waals surface area contributed by atoms with E-state index in [2.05, 4.69) is 20.6 Å². The Labute approximate surface area is 110 Å². The normalized spacial score (nSPS) is 10.6. The van der Waals surface area contributed by atoms with E-state index in [9.17, 15) is 4.79 Å². The highest BCUT2D eigenvalue weighted by atomic mass is 16.5. The Kier molecular flexibility index (Phi) is 3.79. The molecule has 2 rings (SSSR count). The summed E-state index contributed by atoms with van der Waals surface area (Å²) in [6.07, 6.45) is 1.83. The molecule has 0 aromatic carbocycles. The largest absolute Gasteiger partial charge is 0.396 e. The third kappa shape index (κ3) is 3.09. The first-order valence-corrected chi connectivity index (χ1v) is 5.89. The lowest BCUT2D eigenvalue weighted by molar-refractivity contribution is -0.121. The van der Waals surface area contributed by atoms with Crippen LogP contribution in [-0.2, 0) is 17.8 Å². The summed E-state index contributed by atoms with van der Waals surface area (Å²) in [4.78, 5) is 15.6. The second-order valence-electron chi connectivity index (χ2n) is 4.18. The number of amides is 1. The first-order chi connectivity index (χ1) is 9.08. The van der Waals surface area contributed by atoms with Gasteiger partial charge in [0.05, 0.1) is 17.1 Å². The van der Waals surface area contributed by atoms with Gasteiger partial charge in [-0.25, -0.2) is 0 Å². The fourth-order valence-electron chi connectivity index (χ4n) is 1.67. The standard InChI is InChI=1S/C11H16N6O2/c1-7-11(12)8(2)17(16-7)5-9(18)13-4-3-10-14-6-15-19-10/h6H,3-5,12H2,1-2H3,(H,13,18).